The van der Waals surface area contributed by atoms with Crippen molar-refractivity contribution in [1.29, 1.82) is 5.53 Å². The summed E-state index contributed by atoms with van der Waals surface area (Å²) in [4.78, 5) is 12.5. The molecule has 0 atom stereocenters. The van der Waals surface area contributed by atoms with Crippen LogP contribution in [-0.2, 0) is 0 Å². The average Bonchev–Trinajstić information content (AvgIpc) is 2.56. The number of nitrogens with one attached hydrogen (secondary N) is 1. The number of anilines is 1. The van der Waals surface area contributed by atoms with Gasteiger partial charge in [0.1, 0.15) is 0 Å². The molecule has 23 heavy (non-hydrogen) atoms. The Balaban J connectivity index is 1.57. The van der Waals surface area contributed by atoms with Gasteiger partial charge in [0.2, 0.25) is 0 Å². The van der Waals surface area contributed by atoms with E-state index in [4.69, 9.17) is 10.4 Å². The molecule has 0 unspecified atom stereocenters. The summed E-state index contributed by atoms with van der Waals surface area (Å²) in [6, 6.07) is 6.68. The highest BCUT2D eigenvalue weighted by molar-refractivity contribution is 5.56. The predicted molar refractivity (Wildman–Crippen MR) is 91.3 cm³/mol. The van der Waals surface area contributed by atoms with Gasteiger partial charge in [0.15, 0.2) is 5.75 Å². The zero-order valence-corrected chi connectivity index (χ0v) is 14.2. The summed E-state index contributed by atoms with van der Waals surface area (Å²) in [7, 11) is 2.21. The summed E-state index contributed by atoms with van der Waals surface area (Å²) in [5.74, 6) is 0.633. The number of hydrogen-bond acceptors (Lipinski definition) is 6. The number of aryl methyl sites for hydroxylation is 1. The molecule has 0 aromatic heterocycles. The molecule has 6 heteroatoms. The van der Waals surface area contributed by atoms with Crippen molar-refractivity contribution in [3.05, 3.63) is 23.8 Å². The van der Waals surface area contributed by atoms with E-state index in [1.54, 1.807) is 0 Å². The Bertz CT molecular complexity index is 534. The number of benzene rings is 1. The van der Waals surface area contributed by atoms with Crippen LogP contribution in [0.5, 0.6) is 5.75 Å². The van der Waals surface area contributed by atoms with E-state index in [1.165, 1.54) is 50.3 Å². The van der Waals surface area contributed by atoms with Crippen molar-refractivity contribution in [2.24, 2.45) is 5.28 Å². The summed E-state index contributed by atoms with van der Waals surface area (Å²) in [5, 5.41) is 2.98. The van der Waals surface area contributed by atoms with Gasteiger partial charge in [-0.05, 0) is 50.6 Å². The Morgan fingerprint density at radius 2 is 1.78 bits per heavy atom. The van der Waals surface area contributed by atoms with E-state index in [0.29, 0.717) is 5.75 Å². The lowest BCUT2D eigenvalue weighted by atomic mass is 10.0. The maximum absolute atomic E-state index is 6.78. The van der Waals surface area contributed by atoms with Gasteiger partial charge in [0.25, 0.3) is 0 Å². The molecule has 2 saturated heterocycles. The molecule has 1 aromatic rings. The maximum atomic E-state index is 6.78. The molecule has 0 radical (unpaired) electrons. The number of piperazine rings is 1. The van der Waals surface area contributed by atoms with E-state index in [1.807, 2.05) is 12.1 Å². The van der Waals surface area contributed by atoms with Crippen LogP contribution < -0.4 is 9.74 Å². The number of rotatable bonds is 4. The SMILES string of the molecule is Cc1cc(ON=N)ccc1N1CCC(N2CCN(C)CC2)CC1. The molecule has 0 amide bonds. The number of hydrogen-bond donors (Lipinski definition) is 1. The molecule has 0 spiro atoms. The lowest BCUT2D eigenvalue weighted by Crippen LogP contribution is -2.52. The van der Waals surface area contributed by atoms with Gasteiger partial charge in [0, 0.05) is 56.3 Å². The second-order valence-electron chi connectivity index (χ2n) is 6.69. The molecular formula is C17H27N5O. The van der Waals surface area contributed by atoms with E-state index in [9.17, 15) is 0 Å². The van der Waals surface area contributed by atoms with E-state index < -0.39 is 0 Å². The fourth-order valence-electron chi connectivity index (χ4n) is 3.75. The summed E-state index contributed by atoms with van der Waals surface area (Å²) >= 11 is 0. The van der Waals surface area contributed by atoms with Gasteiger partial charge in [-0.2, -0.15) is 5.53 Å². The van der Waals surface area contributed by atoms with Gasteiger partial charge in [0.05, 0.1) is 0 Å². The average molecular weight is 317 g/mol. The molecule has 126 valence electrons. The fourth-order valence-corrected chi connectivity index (χ4v) is 3.75. The van der Waals surface area contributed by atoms with Crippen LogP contribution in [-0.4, -0.2) is 62.2 Å². The van der Waals surface area contributed by atoms with E-state index in [0.717, 1.165) is 19.1 Å². The van der Waals surface area contributed by atoms with Crippen molar-refractivity contribution >= 4 is 5.69 Å². The molecule has 0 saturated carbocycles. The van der Waals surface area contributed by atoms with Gasteiger partial charge in [-0.3, -0.25) is 4.90 Å². The molecule has 0 aliphatic carbocycles. The lowest BCUT2D eigenvalue weighted by Gasteiger charge is -2.42. The molecule has 2 fully saturated rings. The standard InChI is InChI=1S/C17H27N5O/c1-14-13-16(23-19-18)3-4-17(14)22-7-5-15(6-8-22)21-11-9-20(2)10-12-21/h3-4,13,15,18H,5-12H2,1-2H3. The van der Waals surface area contributed by atoms with Gasteiger partial charge in [-0.25, -0.2) is 0 Å². The predicted octanol–water partition coefficient (Wildman–Crippen LogP) is 2.54. The third-order valence-corrected chi connectivity index (χ3v) is 5.18. The number of nitrogens with zero attached hydrogens (tertiary/aromatic N) is 4. The molecule has 3 rings (SSSR count). The van der Waals surface area contributed by atoms with Crippen molar-refractivity contribution in [2.75, 3.05) is 51.2 Å². The molecule has 1 aromatic carbocycles. The Morgan fingerprint density at radius 3 is 2.39 bits per heavy atom. The second kappa shape index (κ2) is 7.27. The van der Waals surface area contributed by atoms with Gasteiger partial charge < -0.3 is 14.6 Å². The topological polar surface area (TPSA) is 55.2 Å². The van der Waals surface area contributed by atoms with Crippen molar-refractivity contribution in [3.63, 3.8) is 0 Å². The summed E-state index contributed by atoms with van der Waals surface area (Å²) in [6.07, 6.45) is 2.48. The Hall–Kier alpha value is -1.66. The molecule has 6 nitrogen and oxygen atoms in total. The fraction of sp³-hybridized carbons (Fsp3) is 0.647. The maximum Gasteiger partial charge on any atom is 0.160 e. The van der Waals surface area contributed by atoms with Gasteiger partial charge >= 0.3 is 0 Å². The smallest absolute Gasteiger partial charge is 0.160 e. The number of likely N-dealkylation sites (N-methyl/N-ethyl adjacent to an activating group) is 1. The third kappa shape index (κ3) is 3.82. The van der Waals surface area contributed by atoms with E-state index in [-0.39, 0.29) is 0 Å². The van der Waals surface area contributed by atoms with Crippen LogP contribution in [0.25, 0.3) is 0 Å². The Morgan fingerprint density at radius 1 is 1.09 bits per heavy atom. The highest BCUT2D eigenvalue weighted by Gasteiger charge is 2.27. The third-order valence-electron chi connectivity index (χ3n) is 5.18. The molecular weight excluding hydrogens is 290 g/mol. The minimum atomic E-state index is 0.633. The minimum Gasteiger partial charge on any atom is -0.371 e. The van der Waals surface area contributed by atoms with Crippen LogP contribution in [0.4, 0.5) is 5.69 Å². The first-order valence-corrected chi connectivity index (χ1v) is 8.49. The monoisotopic (exact) mass is 317 g/mol. The van der Waals surface area contributed by atoms with Crippen molar-refractivity contribution in [3.8, 4) is 5.75 Å². The summed E-state index contributed by atoms with van der Waals surface area (Å²) in [5.41, 5.74) is 9.24. The first kappa shape index (κ1) is 16.2. The highest BCUT2D eigenvalue weighted by Crippen LogP contribution is 2.28. The normalized spacial score (nSPS) is 21.4. The first-order valence-electron chi connectivity index (χ1n) is 8.49. The van der Waals surface area contributed by atoms with Crippen LogP contribution in [0.15, 0.2) is 23.5 Å². The van der Waals surface area contributed by atoms with Crippen molar-refractivity contribution in [1.82, 2.24) is 9.80 Å². The van der Waals surface area contributed by atoms with Crippen LogP contribution in [0.3, 0.4) is 0 Å². The zero-order chi connectivity index (χ0) is 16.2. The second-order valence-corrected chi connectivity index (χ2v) is 6.69. The van der Waals surface area contributed by atoms with E-state index >= 15 is 0 Å². The molecule has 2 heterocycles. The Kier molecular flexibility index (Phi) is 5.13. The minimum absolute atomic E-state index is 0.633. The number of piperidine rings is 1. The van der Waals surface area contributed by atoms with Gasteiger partial charge in [-0.15, -0.1) is 0 Å². The van der Waals surface area contributed by atoms with Crippen LogP contribution >= 0.6 is 0 Å². The Labute approximate surface area is 138 Å². The highest BCUT2D eigenvalue weighted by atomic mass is 16.6. The van der Waals surface area contributed by atoms with Crippen molar-refractivity contribution < 1.29 is 4.84 Å². The van der Waals surface area contributed by atoms with E-state index in [2.05, 4.69) is 40.0 Å². The van der Waals surface area contributed by atoms with Gasteiger partial charge in [-0.1, -0.05) is 0 Å². The van der Waals surface area contributed by atoms with Crippen molar-refractivity contribution in [2.45, 2.75) is 25.8 Å². The first-order chi connectivity index (χ1) is 11.2. The van der Waals surface area contributed by atoms with Crippen LogP contribution in [0.1, 0.15) is 18.4 Å². The quantitative estimate of drug-likeness (QED) is 0.685. The molecule has 2 aliphatic rings. The largest absolute Gasteiger partial charge is 0.371 e. The summed E-state index contributed by atoms with van der Waals surface area (Å²) in [6.45, 7) is 9.13. The molecule has 2 aliphatic heterocycles. The molecule has 0 bridgehead atoms. The zero-order valence-electron chi connectivity index (χ0n) is 14.2. The van der Waals surface area contributed by atoms with Crippen LogP contribution in [0, 0.1) is 12.5 Å². The van der Waals surface area contributed by atoms with Crippen LogP contribution in [0.2, 0.25) is 0 Å². The summed E-state index contributed by atoms with van der Waals surface area (Å²) < 4.78 is 0. The molecule has 1 N–H and O–H groups in total. The lowest BCUT2D eigenvalue weighted by molar-refractivity contribution is 0.0982.